The van der Waals surface area contributed by atoms with E-state index < -0.39 is 11.0 Å². The standard InChI is InChI=1S/C16H25N5O3/c1-16(2,20-10-8-19(3)9-11-20)12-17-15(22)18-13-6-4-5-7-14(13)21(23)24/h4-7H,8-12H2,1-3H3,(H2,17,18,22). The van der Waals surface area contributed by atoms with Crippen molar-refractivity contribution < 1.29 is 9.72 Å². The third-order valence-electron chi connectivity index (χ3n) is 4.39. The maximum Gasteiger partial charge on any atom is 0.319 e. The Kier molecular flexibility index (Phi) is 5.74. The summed E-state index contributed by atoms with van der Waals surface area (Å²) in [5.41, 5.74) is -0.107. The van der Waals surface area contributed by atoms with E-state index in [1.807, 2.05) is 0 Å². The molecule has 1 aromatic rings. The topological polar surface area (TPSA) is 90.8 Å². The van der Waals surface area contributed by atoms with Crippen molar-refractivity contribution in [3.63, 3.8) is 0 Å². The van der Waals surface area contributed by atoms with Crippen LogP contribution in [-0.4, -0.2) is 66.1 Å². The predicted molar refractivity (Wildman–Crippen MR) is 93.3 cm³/mol. The Morgan fingerprint density at radius 2 is 1.88 bits per heavy atom. The van der Waals surface area contributed by atoms with Gasteiger partial charge in [-0.25, -0.2) is 4.79 Å². The monoisotopic (exact) mass is 335 g/mol. The number of nitrogens with zero attached hydrogens (tertiary/aromatic N) is 3. The van der Waals surface area contributed by atoms with Gasteiger partial charge in [-0.05, 0) is 27.0 Å². The zero-order chi connectivity index (χ0) is 17.7. The molecule has 2 N–H and O–H groups in total. The third kappa shape index (κ3) is 4.65. The molecule has 0 aromatic heterocycles. The molecule has 0 unspecified atom stereocenters. The average Bonchev–Trinajstić information content (AvgIpc) is 2.54. The number of amides is 2. The molecule has 1 saturated heterocycles. The first-order valence-electron chi connectivity index (χ1n) is 8.01. The Labute approximate surface area is 142 Å². The van der Waals surface area contributed by atoms with Crippen LogP contribution in [-0.2, 0) is 0 Å². The zero-order valence-corrected chi connectivity index (χ0v) is 14.4. The fourth-order valence-electron chi connectivity index (χ4n) is 2.73. The fourth-order valence-corrected chi connectivity index (χ4v) is 2.73. The first-order valence-corrected chi connectivity index (χ1v) is 8.01. The van der Waals surface area contributed by atoms with Gasteiger partial charge in [0.1, 0.15) is 5.69 Å². The summed E-state index contributed by atoms with van der Waals surface area (Å²) in [4.78, 5) is 27.2. The molecule has 0 bridgehead atoms. The number of likely N-dealkylation sites (N-methyl/N-ethyl adjacent to an activating group) is 1. The second-order valence-corrected chi connectivity index (χ2v) is 6.68. The van der Waals surface area contributed by atoms with Crippen LogP contribution in [0.4, 0.5) is 16.2 Å². The number of nitro groups is 1. The van der Waals surface area contributed by atoms with Gasteiger partial charge in [0.25, 0.3) is 5.69 Å². The molecule has 1 fully saturated rings. The molecule has 0 radical (unpaired) electrons. The number of anilines is 1. The number of carbonyl (C=O) groups is 1. The zero-order valence-electron chi connectivity index (χ0n) is 14.4. The Morgan fingerprint density at radius 1 is 1.25 bits per heavy atom. The number of carbonyl (C=O) groups excluding carboxylic acids is 1. The van der Waals surface area contributed by atoms with Crippen molar-refractivity contribution in [1.29, 1.82) is 0 Å². The molecule has 2 rings (SSSR count). The Morgan fingerprint density at radius 3 is 2.50 bits per heavy atom. The van der Waals surface area contributed by atoms with Gasteiger partial charge in [0.15, 0.2) is 0 Å². The van der Waals surface area contributed by atoms with Gasteiger partial charge in [-0.1, -0.05) is 12.1 Å². The first-order chi connectivity index (χ1) is 11.3. The summed E-state index contributed by atoms with van der Waals surface area (Å²) in [5, 5.41) is 16.4. The van der Waals surface area contributed by atoms with Gasteiger partial charge in [0, 0.05) is 44.3 Å². The normalized spacial score (nSPS) is 16.6. The van der Waals surface area contributed by atoms with Gasteiger partial charge < -0.3 is 15.5 Å². The van der Waals surface area contributed by atoms with Crippen LogP contribution in [0.3, 0.4) is 0 Å². The largest absolute Gasteiger partial charge is 0.336 e. The molecule has 2 amide bonds. The Bertz CT molecular complexity index is 597. The number of piperazine rings is 1. The van der Waals surface area contributed by atoms with Gasteiger partial charge in [0.05, 0.1) is 4.92 Å². The van der Waals surface area contributed by atoms with E-state index in [2.05, 4.69) is 41.3 Å². The van der Waals surface area contributed by atoms with Gasteiger partial charge in [0.2, 0.25) is 0 Å². The number of benzene rings is 1. The summed E-state index contributed by atoms with van der Waals surface area (Å²) >= 11 is 0. The van der Waals surface area contributed by atoms with Crippen molar-refractivity contribution in [3.05, 3.63) is 34.4 Å². The van der Waals surface area contributed by atoms with E-state index in [1.165, 1.54) is 12.1 Å². The summed E-state index contributed by atoms with van der Waals surface area (Å²) in [6, 6.07) is 5.66. The van der Waals surface area contributed by atoms with Crippen LogP contribution < -0.4 is 10.6 Å². The predicted octanol–water partition coefficient (Wildman–Crippen LogP) is 1.74. The van der Waals surface area contributed by atoms with Gasteiger partial charge in [-0.15, -0.1) is 0 Å². The number of nitrogens with one attached hydrogen (secondary N) is 2. The lowest BCUT2D eigenvalue weighted by Gasteiger charge is -2.43. The van der Waals surface area contributed by atoms with E-state index in [1.54, 1.807) is 12.1 Å². The number of para-hydroxylation sites is 2. The minimum absolute atomic E-state index is 0.119. The summed E-state index contributed by atoms with van der Waals surface area (Å²) < 4.78 is 0. The van der Waals surface area contributed by atoms with Gasteiger partial charge in [-0.2, -0.15) is 0 Å². The van der Waals surface area contributed by atoms with Crippen molar-refractivity contribution in [2.45, 2.75) is 19.4 Å². The van der Waals surface area contributed by atoms with Crippen LogP contribution in [0, 0.1) is 10.1 Å². The van der Waals surface area contributed by atoms with Crippen LogP contribution in [0.5, 0.6) is 0 Å². The minimum Gasteiger partial charge on any atom is -0.336 e. The Balaban J connectivity index is 1.90. The van der Waals surface area contributed by atoms with E-state index >= 15 is 0 Å². The highest BCUT2D eigenvalue weighted by atomic mass is 16.6. The lowest BCUT2D eigenvalue weighted by Crippen LogP contribution is -2.58. The summed E-state index contributed by atoms with van der Waals surface area (Å²) in [7, 11) is 2.10. The van der Waals surface area contributed by atoms with Crippen molar-refractivity contribution in [2.24, 2.45) is 0 Å². The maximum atomic E-state index is 12.1. The molecule has 0 aliphatic carbocycles. The lowest BCUT2D eigenvalue weighted by atomic mass is 10.0. The number of hydrogen-bond donors (Lipinski definition) is 2. The summed E-state index contributed by atoms with van der Waals surface area (Å²) in [6.45, 7) is 8.56. The van der Waals surface area contributed by atoms with Gasteiger partial charge in [-0.3, -0.25) is 15.0 Å². The molecule has 1 aliphatic rings. The van der Waals surface area contributed by atoms with Crippen molar-refractivity contribution >= 4 is 17.4 Å². The number of urea groups is 1. The molecule has 8 nitrogen and oxygen atoms in total. The number of hydrogen-bond acceptors (Lipinski definition) is 5. The smallest absolute Gasteiger partial charge is 0.319 e. The molecule has 0 atom stereocenters. The third-order valence-corrected chi connectivity index (χ3v) is 4.39. The first kappa shape index (κ1) is 18.2. The van der Waals surface area contributed by atoms with E-state index in [9.17, 15) is 14.9 Å². The molecule has 8 heteroatoms. The van der Waals surface area contributed by atoms with E-state index in [4.69, 9.17) is 0 Å². The molecular formula is C16H25N5O3. The molecule has 0 spiro atoms. The van der Waals surface area contributed by atoms with Crippen LogP contribution in [0.1, 0.15) is 13.8 Å². The molecule has 1 heterocycles. The molecular weight excluding hydrogens is 310 g/mol. The van der Waals surface area contributed by atoms with E-state index in [0.29, 0.717) is 6.54 Å². The highest BCUT2D eigenvalue weighted by molar-refractivity contribution is 5.91. The highest BCUT2D eigenvalue weighted by Crippen LogP contribution is 2.23. The van der Waals surface area contributed by atoms with Crippen LogP contribution in [0.2, 0.25) is 0 Å². The average molecular weight is 335 g/mol. The van der Waals surface area contributed by atoms with Crippen LogP contribution in [0.25, 0.3) is 0 Å². The van der Waals surface area contributed by atoms with E-state index in [-0.39, 0.29) is 16.9 Å². The highest BCUT2D eigenvalue weighted by Gasteiger charge is 2.29. The SMILES string of the molecule is CN1CCN(C(C)(C)CNC(=O)Nc2ccccc2[N+](=O)[O-])CC1. The molecule has 132 valence electrons. The maximum absolute atomic E-state index is 12.1. The molecule has 1 aliphatic heterocycles. The second-order valence-electron chi connectivity index (χ2n) is 6.68. The van der Waals surface area contributed by atoms with Crippen molar-refractivity contribution in [1.82, 2.24) is 15.1 Å². The summed E-state index contributed by atoms with van der Waals surface area (Å²) in [5.74, 6) is 0. The minimum atomic E-state index is -0.510. The van der Waals surface area contributed by atoms with Crippen molar-refractivity contribution in [3.8, 4) is 0 Å². The number of nitro benzene ring substituents is 1. The molecule has 0 saturated carbocycles. The van der Waals surface area contributed by atoms with Crippen molar-refractivity contribution in [2.75, 3.05) is 45.1 Å². The molecule has 24 heavy (non-hydrogen) atoms. The molecule has 1 aromatic carbocycles. The quantitative estimate of drug-likeness (QED) is 0.632. The van der Waals surface area contributed by atoms with Gasteiger partial charge >= 0.3 is 6.03 Å². The van der Waals surface area contributed by atoms with Crippen LogP contribution in [0.15, 0.2) is 24.3 Å². The Hall–Kier alpha value is -2.19. The van der Waals surface area contributed by atoms with E-state index in [0.717, 1.165) is 26.2 Å². The lowest BCUT2D eigenvalue weighted by molar-refractivity contribution is -0.383. The van der Waals surface area contributed by atoms with Crippen LogP contribution >= 0.6 is 0 Å². The number of rotatable bonds is 5. The summed E-state index contributed by atoms with van der Waals surface area (Å²) in [6.07, 6.45) is 0. The fraction of sp³-hybridized carbons (Fsp3) is 0.562. The second kappa shape index (κ2) is 7.59.